The molecule has 2 aromatic carbocycles. The summed E-state index contributed by atoms with van der Waals surface area (Å²) in [5.74, 6) is -0.881. The number of hydrogen-bond acceptors (Lipinski definition) is 6. The van der Waals surface area contributed by atoms with Crippen molar-refractivity contribution in [3.63, 3.8) is 0 Å². The van der Waals surface area contributed by atoms with Gasteiger partial charge >= 0.3 is 12.1 Å². The van der Waals surface area contributed by atoms with Crippen LogP contribution in [0.4, 0.5) is 4.79 Å². The molecule has 2 aliphatic heterocycles. The van der Waals surface area contributed by atoms with Gasteiger partial charge in [-0.15, -0.1) is 11.8 Å². The Morgan fingerprint density at radius 2 is 1.76 bits per heavy atom. The molecule has 9 heteroatoms. The standard InChI is InChI=1S/C25H26N2O6S/c28-23(27-14-34-13-21(27)24(29)30)22-15(9-10-32-22)11-26-25(31)33-12-20-18-7-3-1-5-16(18)17-6-2-4-8-19(17)20/h1-8,15,20-22H,9-14H2,(H,26,31)(H,29,30)/t15-,21?,22-/m0/s1. The topological polar surface area (TPSA) is 105 Å². The summed E-state index contributed by atoms with van der Waals surface area (Å²) in [6, 6.07) is 15.4. The molecule has 2 amide bonds. The zero-order chi connectivity index (χ0) is 23.7. The molecule has 0 saturated carbocycles. The number of carboxylic acid groups (broad SMARTS) is 1. The number of carboxylic acids is 1. The highest BCUT2D eigenvalue weighted by Crippen LogP contribution is 2.44. The minimum absolute atomic E-state index is 0.0251. The van der Waals surface area contributed by atoms with E-state index in [2.05, 4.69) is 29.6 Å². The van der Waals surface area contributed by atoms with Gasteiger partial charge in [0.2, 0.25) is 0 Å². The van der Waals surface area contributed by atoms with E-state index in [4.69, 9.17) is 9.47 Å². The number of amides is 2. The van der Waals surface area contributed by atoms with Gasteiger partial charge in [-0.25, -0.2) is 9.59 Å². The summed E-state index contributed by atoms with van der Waals surface area (Å²) in [5.41, 5.74) is 4.61. The van der Waals surface area contributed by atoms with E-state index in [1.54, 1.807) is 0 Å². The Morgan fingerprint density at radius 3 is 2.44 bits per heavy atom. The first-order valence-corrected chi connectivity index (χ1v) is 12.5. The van der Waals surface area contributed by atoms with Gasteiger partial charge in [-0.05, 0) is 28.7 Å². The Balaban J connectivity index is 1.17. The van der Waals surface area contributed by atoms with Gasteiger partial charge in [0.05, 0.1) is 5.88 Å². The molecule has 2 heterocycles. The molecular formula is C25H26N2O6S. The summed E-state index contributed by atoms with van der Waals surface area (Å²) < 4.78 is 11.2. The van der Waals surface area contributed by atoms with Gasteiger partial charge < -0.3 is 24.8 Å². The van der Waals surface area contributed by atoms with Crippen LogP contribution in [0.5, 0.6) is 0 Å². The number of alkyl carbamates (subject to hydrolysis) is 1. The first kappa shape index (κ1) is 22.7. The lowest BCUT2D eigenvalue weighted by molar-refractivity contribution is -0.152. The second-order valence-corrected chi connectivity index (χ2v) is 9.71. The Kier molecular flexibility index (Phi) is 6.47. The van der Waals surface area contributed by atoms with Gasteiger partial charge in [0.15, 0.2) is 0 Å². The van der Waals surface area contributed by atoms with Gasteiger partial charge in [-0.1, -0.05) is 48.5 Å². The lowest BCUT2D eigenvalue weighted by atomic mass is 9.98. The van der Waals surface area contributed by atoms with Crippen molar-refractivity contribution in [3.8, 4) is 11.1 Å². The predicted molar refractivity (Wildman–Crippen MR) is 127 cm³/mol. The Morgan fingerprint density at radius 1 is 1.09 bits per heavy atom. The van der Waals surface area contributed by atoms with E-state index in [0.29, 0.717) is 24.7 Å². The SMILES string of the molecule is O=C(NC[C@@H]1CCO[C@@H]1C(=O)N1CSCC1C(=O)O)OCC1c2ccccc2-c2ccccc21. The maximum atomic E-state index is 12.9. The van der Waals surface area contributed by atoms with Gasteiger partial charge in [0.25, 0.3) is 5.91 Å². The van der Waals surface area contributed by atoms with Crippen molar-refractivity contribution >= 4 is 29.7 Å². The van der Waals surface area contributed by atoms with Crippen molar-refractivity contribution in [1.82, 2.24) is 10.2 Å². The molecule has 0 bridgehead atoms. The van der Waals surface area contributed by atoms with Crippen LogP contribution >= 0.6 is 11.8 Å². The maximum Gasteiger partial charge on any atom is 0.407 e. The second-order valence-electron chi connectivity index (χ2n) is 8.71. The molecule has 5 rings (SSSR count). The highest BCUT2D eigenvalue weighted by atomic mass is 32.2. The average molecular weight is 483 g/mol. The summed E-state index contributed by atoms with van der Waals surface area (Å²) in [6.07, 6.45) is -0.687. The van der Waals surface area contributed by atoms with E-state index < -0.39 is 24.2 Å². The van der Waals surface area contributed by atoms with E-state index in [1.165, 1.54) is 16.7 Å². The largest absolute Gasteiger partial charge is 0.480 e. The third kappa shape index (κ3) is 4.25. The third-order valence-corrected chi connectivity index (χ3v) is 7.77. The molecule has 1 aliphatic carbocycles. The number of nitrogens with zero attached hydrogens (tertiary/aromatic N) is 1. The van der Waals surface area contributed by atoms with Crippen LogP contribution in [0.1, 0.15) is 23.5 Å². The molecular weight excluding hydrogens is 456 g/mol. The van der Waals surface area contributed by atoms with E-state index in [0.717, 1.165) is 22.3 Å². The van der Waals surface area contributed by atoms with E-state index in [1.807, 2.05) is 24.3 Å². The molecule has 1 unspecified atom stereocenters. The van der Waals surface area contributed by atoms with Gasteiger partial charge in [0, 0.05) is 30.7 Å². The van der Waals surface area contributed by atoms with Crippen LogP contribution < -0.4 is 5.32 Å². The third-order valence-electron chi connectivity index (χ3n) is 6.76. The minimum atomic E-state index is -1.01. The van der Waals surface area contributed by atoms with Crippen LogP contribution in [0, 0.1) is 5.92 Å². The van der Waals surface area contributed by atoms with Crippen molar-refractivity contribution in [2.75, 3.05) is 31.4 Å². The molecule has 178 valence electrons. The number of nitrogens with one attached hydrogen (secondary N) is 1. The van der Waals surface area contributed by atoms with Crippen LogP contribution in [-0.4, -0.2) is 71.5 Å². The molecule has 34 heavy (non-hydrogen) atoms. The number of thioether (sulfide) groups is 1. The monoisotopic (exact) mass is 482 g/mol. The molecule has 2 aromatic rings. The fourth-order valence-electron chi connectivity index (χ4n) is 5.01. The van der Waals surface area contributed by atoms with Gasteiger partial charge in [0.1, 0.15) is 18.8 Å². The summed E-state index contributed by atoms with van der Waals surface area (Å²) in [6.45, 7) is 0.840. The van der Waals surface area contributed by atoms with Crippen LogP contribution in [0.15, 0.2) is 48.5 Å². The molecule has 0 radical (unpaired) electrons. The lowest BCUT2D eigenvalue weighted by Gasteiger charge is -2.26. The van der Waals surface area contributed by atoms with Crippen molar-refractivity contribution in [1.29, 1.82) is 0 Å². The quantitative estimate of drug-likeness (QED) is 0.652. The van der Waals surface area contributed by atoms with Crippen LogP contribution in [-0.2, 0) is 19.1 Å². The number of hydrogen-bond donors (Lipinski definition) is 2. The highest BCUT2D eigenvalue weighted by molar-refractivity contribution is 7.99. The first-order chi connectivity index (χ1) is 16.5. The highest BCUT2D eigenvalue weighted by Gasteiger charge is 2.43. The van der Waals surface area contributed by atoms with Gasteiger partial charge in [-0.3, -0.25) is 4.79 Å². The van der Waals surface area contributed by atoms with Crippen LogP contribution in [0.25, 0.3) is 11.1 Å². The van der Waals surface area contributed by atoms with Crippen LogP contribution in [0.3, 0.4) is 0 Å². The van der Waals surface area contributed by atoms with E-state index in [9.17, 15) is 19.5 Å². The number of rotatable bonds is 6. The fourth-order valence-corrected chi connectivity index (χ4v) is 6.16. The first-order valence-electron chi connectivity index (χ1n) is 11.4. The Labute approximate surface area is 201 Å². The zero-order valence-corrected chi connectivity index (χ0v) is 19.3. The molecule has 0 aromatic heterocycles. The fraction of sp³-hybridized carbons (Fsp3) is 0.400. The zero-order valence-electron chi connectivity index (χ0n) is 18.5. The average Bonchev–Trinajstić information content (AvgIpc) is 3.59. The van der Waals surface area contributed by atoms with Crippen molar-refractivity contribution < 1.29 is 29.0 Å². The Hall–Kier alpha value is -3.04. The van der Waals surface area contributed by atoms with E-state index in [-0.39, 0.29) is 30.9 Å². The van der Waals surface area contributed by atoms with Crippen molar-refractivity contribution in [3.05, 3.63) is 59.7 Å². The lowest BCUT2D eigenvalue weighted by Crippen LogP contribution is -2.49. The number of ether oxygens (including phenoxy) is 2. The molecule has 2 fully saturated rings. The molecule has 3 atom stereocenters. The molecule has 8 nitrogen and oxygen atoms in total. The summed E-state index contributed by atoms with van der Waals surface area (Å²) in [5, 5.41) is 12.1. The normalized spacial score (nSPS) is 23.4. The summed E-state index contributed by atoms with van der Waals surface area (Å²) in [4.78, 5) is 38.2. The van der Waals surface area contributed by atoms with Gasteiger partial charge in [-0.2, -0.15) is 0 Å². The summed E-state index contributed by atoms with van der Waals surface area (Å²) >= 11 is 1.41. The number of carbonyl (C=O) groups excluding carboxylic acids is 2. The predicted octanol–water partition coefficient (Wildman–Crippen LogP) is 2.92. The second kappa shape index (κ2) is 9.68. The number of carbonyl (C=O) groups is 3. The molecule has 2 N–H and O–H groups in total. The summed E-state index contributed by atoms with van der Waals surface area (Å²) in [7, 11) is 0. The Bertz CT molecular complexity index is 1060. The number of benzene rings is 2. The van der Waals surface area contributed by atoms with E-state index >= 15 is 0 Å². The molecule has 2 saturated heterocycles. The molecule has 0 spiro atoms. The minimum Gasteiger partial charge on any atom is -0.480 e. The number of aliphatic carboxylic acids is 1. The number of fused-ring (bicyclic) bond motifs is 3. The van der Waals surface area contributed by atoms with Crippen molar-refractivity contribution in [2.45, 2.75) is 24.5 Å². The smallest absolute Gasteiger partial charge is 0.407 e. The van der Waals surface area contributed by atoms with Crippen molar-refractivity contribution in [2.24, 2.45) is 5.92 Å². The molecule has 3 aliphatic rings. The van der Waals surface area contributed by atoms with Crippen LogP contribution in [0.2, 0.25) is 0 Å². The maximum absolute atomic E-state index is 12.9.